The first kappa shape index (κ1) is 16.2. The molecule has 0 aromatic heterocycles. The van der Waals surface area contributed by atoms with E-state index in [1.807, 2.05) is 0 Å². The van der Waals surface area contributed by atoms with Gasteiger partial charge in [-0.15, -0.1) is 0 Å². The first-order chi connectivity index (χ1) is 6.81. The van der Waals surface area contributed by atoms with Gasteiger partial charge in [-0.1, -0.05) is 0 Å². The molecule has 1 atom stereocenters. The standard InChI is InChI=1S/C4H8N2O2.C3H7NO2S/c5-3(7)1-2-4(6)8;4-2(1-7)3(5)6/h1-2H2,(H2,5,7)(H2,6,8);2,7H,1,4H2,(H,5,6). The van der Waals surface area contributed by atoms with E-state index < -0.39 is 23.8 Å². The summed E-state index contributed by atoms with van der Waals surface area (Å²) in [5, 5.41) is 8.01. The minimum absolute atomic E-state index is 0.0509. The quantitative estimate of drug-likeness (QED) is 0.353. The number of nitrogens with two attached hydrogens (primary N) is 3. The molecule has 0 aliphatic rings. The van der Waals surface area contributed by atoms with Gasteiger partial charge in [0.05, 0.1) is 0 Å². The Hall–Kier alpha value is -1.28. The van der Waals surface area contributed by atoms with Crippen molar-refractivity contribution >= 4 is 30.4 Å². The Kier molecular flexibility index (Phi) is 10.0. The molecule has 0 aliphatic carbocycles. The number of thiol groups is 1. The van der Waals surface area contributed by atoms with Crippen LogP contribution in [0.3, 0.4) is 0 Å². The molecule has 8 heteroatoms. The summed E-state index contributed by atoms with van der Waals surface area (Å²) in [6.07, 6.45) is 0.102. The molecule has 0 aromatic rings. The summed E-state index contributed by atoms with van der Waals surface area (Å²) < 4.78 is 0. The highest BCUT2D eigenvalue weighted by atomic mass is 32.1. The SMILES string of the molecule is NC(=O)CCC(N)=O.NC(CS)C(=O)O. The van der Waals surface area contributed by atoms with Gasteiger partial charge in [0.2, 0.25) is 11.8 Å². The Labute approximate surface area is 92.4 Å². The van der Waals surface area contributed by atoms with Crippen molar-refractivity contribution in [2.75, 3.05) is 5.75 Å². The van der Waals surface area contributed by atoms with Gasteiger partial charge in [-0.3, -0.25) is 14.4 Å². The van der Waals surface area contributed by atoms with Gasteiger partial charge in [-0.05, 0) is 0 Å². The van der Waals surface area contributed by atoms with Crippen molar-refractivity contribution in [3.8, 4) is 0 Å². The molecule has 0 rings (SSSR count). The number of aliphatic carboxylic acids is 1. The summed E-state index contributed by atoms with van der Waals surface area (Å²) in [7, 11) is 0. The topological polar surface area (TPSA) is 150 Å². The lowest BCUT2D eigenvalue weighted by molar-refractivity contribution is -0.137. The van der Waals surface area contributed by atoms with E-state index in [2.05, 4.69) is 12.6 Å². The van der Waals surface area contributed by atoms with Crippen LogP contribution in [0.4, 0.5) is 0 Å². The van der Waals surface area contributed by atoms with E-state index in [4.69, 9.17) is 22.3 Å². The fourth-order valence-electron chi connectivity index (χ4n) is 0.324. The molecule has 0 aromatic carbocycles. The maximum Gasteiger partial charge on any atom is 0.321 e. The zero-order valence-electron chi connectivity index (χ0n) is 8.05. The third-order valence-electron chi connectivity index (χ3n) is 1.13. The number of carboxylic acid groups (broad SMARTS) is 1. The van der Waals surface area contributed by atoms with E-state index in [9.17, 15) is 14.4 Å². The van der Waals surface area contributed by atoms with E-state index in [0.717, 1.165) is 0 Å². The van der Waals surface area contributed by atoms with Crippen molar-refractivity contribution in [1.29, 1.82) is 0 Å². The van der Waals surface area contributed by atoms with Crippen molar-refractivity contribution in [3.63, 3.8) is 0 Å². The van der Waals surface area contributed by atoms with Gasteiger partial charge >= 0.3 is 5.97 Å². The van der Waals surface area contributed by atoms with Crippen LogP contribution in [0, 0.1) is 0 Å². The third kappa shape index (κ3) is 15.5. The summed E-state index contributed by atoms with van der Waals surface area (Å²) in [5.74, 6) is -1.81. The Morgan fingerprint density at radius 3 is 1.53 bits per heavy atom. The molecular formula is C7H15N3O4S. The predicted octanol–water partition coefficient (Wildman–Crippen LogP) is -1.93. The molecule has 7 N–H and O–H groups in total. The van der Waals surface area contributed by atoms with Crippen LogP contribution in [0.15, 0.2) is 0 Å². The second-order valence-electron chi connectivity index (χ2n) is 2.56. The van der Waals surface area contributed by atoms with Gasteiger partial charge in [0.25, 0.3) is 0 Å². The number of hydrogen-bond donors (Lipinski definition) is 5. The first-order valence-electron chi connectivity index (χ1n) is 3.97. The van der Waals surface area contributed by atoms with Crippen LogP contribution in [-0.2, 0) is 14.4 Å². The van der Waals surface area contributed by atoms with Crippen LogP contribution < -0.4 is 17.2 Å². The molecule has 7 nitrogen and oxygen atoms in total. The number of hydrogen-bond acceptors (Lipinski definition) is 5. The van der Waals surface area contributed by atoms with Gasteiger partial charge in [-0.2, -0.15) is 12.6 Å². The number of carbonyl (C=O) groups is 3. The van der Waals surface area contributed by atoms with Crippen LogP contribution in [0.2, 0.25) is 0 Å². The van der Waals surface area contributed by atoms with Gasteiger partial charge < -0.3 is 22.3 Å². The third-order valence-corrected chi connectivity index (χ3v) is 1.53. The van der Waals surface area contributed by atoms with E-state index >= 15 is 0 Å². The summed E-state index contributed by atoms with van der Waals surface area (Å²) in [6, 6.07) is -0.816. The molecule has 0 spiro atoms. The maximum atomic E-state index is 9.92. The van der Waals surface area contributed by atoms with Crippen molar-refractivity contribution < 1.29 is 19.5 Å². The van der Waals surface area contributed by atoms with Gasteiger partial charge in [-0.25, -0.2) is 0 Å². The maximum absolute atomic E-state index is 9.92. The summed E-state index contributed by atoms with van der Waals surface area (Å²) in [5.41, 5.74) is 14.3. The predicted molar refractivity (Wildman–Crippen MR) is 57.1 cm³/mol. The van der Waals surface area contributed by atoms with Crippen LogP contribution >= 0.6 is 12.6 Å². The Balaban J connectivity index is 0. The molecule has 15 heavy (non-hydrogen) atoms. The number of rotatable bonds is 5. The zero-order valence-corrected chi connectivity index (χ0v) is 8.94. The minimum Gasteiger partial charge on any atom is -0.480 e. The Bertz CT molecular complexity index is 220. The normalized spacial score (nSPS) is 10.8. The number of amides is 2. The lowest BCUT2D eigenvalue weighted by Gasteiger charge is -1.96. The van der Waals surface area contributed by atoms with Gasteiger partial charge in [0.15, 0.2) is 0 Å². The fourth-order valence-corrected chi connectivity index (χ4v) is 0.481. The Morgan fingerprint density at radius 2 is 1.47 bits per heavy atom. The molecular weight excluding hydrogens is 222 g/mol. The minimum atomic E-state index is -1.00. The Morgan fingerprint density at radius 1 is 1.13 bits per heavy atom. The molecule has 0 saturated carbocycles. The highest BCUT2D eigenvalue weighted by Gasteiger charge is 2.06. The smallest absolute Gasteiger partial charge is 0.321 e. The number of carbonyl (C=O) groups excluding carboxylic acids is 2. The lowest BCUT2D eigenvalue weighted by atomic mass is 10.3. The number of primary amides is 2. The second kappa shape index (κ2) is 9.28. The average molecular weight is 237 g/mol. The fraction of sp³-hybridized carbons (Fsp3) is 0.571. The van der Waals surface area contributed by atoms with E-state index in [-0.39, 0.29) is 18.6 Å². The zero-order chi connectivity index (χ0) is 12.4. The van der Waals surface area contributed by atoms with E-state index in [1.165, 1.54) is 0 Å². The molecule has 0 saturated heterocycles. The molecule has 0 heterocycles. The van der Waals surface area contributed by atoms with Gasteiger partial charge in [0, 0.05) is 18.6 Å². The molecule has 0 radical (unpaired) electrons. The highest BCUT2D eigenvalue weighted by Crippen LogP contribution is 1.82. The first-order valence-corrected chi connectivity index (χ1v) is 4.60. The van der Waals surface area contributed by atoms with Crippen LogP contribution in [0.5, 0.6) is 0 Å². The summed E-state index contributed by atoms with van der Waals surface area (Å²) in [4.78, 5) is 29.6. The van der Waals surface area contributed by atoms with E-state index in [0.29, 0.717) is 0 Å². The monoisotopic (exact) mass is 237 g/mol. The van der Waals surface area contributed by atoms with Crippen molar-refractivity contribution in [1.82, 2.24) is 0 Å². The molecule has 0 bridgehead atoms. The largest absolute Gasteiger partial charge is 0.480 e. The molecule has 88 valence electrons. The number of carboxylic acids is 1. The van der Waals surface area contributed by atoms with Crippen LogP contribution in [0.1, 0.15) is 12.8 Å². The summed E-state index contributed by atoms with van der Waals surface area (Å²) in [6.45, 7) is 0. The van der Waals surface area contributed by atoms with Crippen LogP contribution in [-0.4, -0.2) is 34.7 Å². The van der Waals surface area contributed by atoms with Crippen molar-refractivity contribution in [2.45, 2.75) is 18.9 Å². The van der Waals surface area contributed by atoms with Crippen molar-refractivity contribution in [3.05, 3.63) is 0 Å². The molecule has 1 unspecified atom stereocenters. The highest BCUT2D eigenvalue weighted by molar-refractivity contribution is 7.80. The molecule has 0 aliphatic heterocycles. The second-order valence-corrected chi connectivity index (χ2v) is 2.93. The van der Waals surface area contributed by atoms with Crippen LogP contribution in [0.25, 0.3) is 0 Å². The lowest BCUT2D eigenvalue weighted by Crippen LogP contribution is -2.31. The van der Waals surface area contributed by atoms with Gasteiger partial charge in [0.1, 0.15) is 6.04 Å². The average Bonchev–Trinajstić information content (AvgIpc) is 2.14. The molecule has 0 fully saturated rings. The summed E-state index contributed by atoms with van der Waals surface area (Å²) >= 11 is 3.65. The molecule has 2 amide bonds. The van der Waals surface area contributed by atoms with Crippen molar-refractivity contribution in [2.24, 2.45) is 17.2 Å². The van der Waals surface area contributed by atoms with E-state index in [1.54, 1.807) is 0 Å².